The van der Waals surface area contributed by atoms with Crippen LogP contribution in [-0.2, 0) is 4.79 Å². The number of rotatable bonds is 5. The second kappa shape index (κ2) is 6.20. The molecule has 1 saturated carbocycles. The van der Waals surface area contributed by atoms with E-state index in [4.69, 9.17) is 0 Å². The van der Waals surface area contributed by atoms with Gasteiger partial charge in [-0.3, -0.25) is 9.69 Å². The third-order valence-electron chi connectivity index (χ3n) is 4.57. The lowest BCUT2D eigenvalue weighted by atomic mass is 10.2. The smallest absolute Gasteiger partial charge is 0.223 e. The van der Waals surface area contributed by atoms with E-state index in [9.17, 15) is 4.79 Å². The number of piperazine rings is 1. The maximum absolute atomic E-state index is 12.2. The van der Waals surface area contributed by atoms with Gasteiger partial charge in [0.2, 0.25) is 5.91 Å². The van der Waals surface area contributed by atoms with Crippen molar-refractivity contribution in [3.63, 3.8) is 0 Å². The number of carbonyl (C=O) groups is 1. The first kappa shape index (κ1) is 13.3. The van der Waals surface area contributed by atoms with Gasteiger partial charge in [0.15, 0.2) is 0 Å². The third kappa shape index (κ3) is 3.46. The van der Waals surface area contributed by atoms with Gasteiger partial charge in [-0.2, -0.15) is 0 Å². The molecule has 0 aromatic carbocycles. The molecule has 1 aliphatic carbocycles. The zero-order chi connectivity index (χ0) is 13.1. The Balaban J connectivity index is 1.47. The largest absolute Gasteiger partial charge is 0.340 e. The van der Waals surface area contributed by atoms with Crippen LogP contribution in [0.25, 0.3) is 0 Å². The van der Waals surface area contributed by atoms with Gasteiger partial charge in [-0.15, -0.1) is 0 Å². The van der Waals surface area contributed by atoms with Crippen molar-refractivity contribution in [2.45, 2.75) is 37.8 Å². The molecule has 2 saturated heterocycles. The summed E-state index contributed by atoms with van der Waals surface area (Å²) < 4.78 is 0. The maximum atomic E-state index is 12.2. The molecule has 5 nitrogen and oxygen atoms in total. The highest BCUT2D eigenvalue weighted by atomic mass is 16.2. The van der Waals surface area contributed by atoms with Crippen LogP contribution in [0.5, 0.6) is 0 Å². The lowest BCUT2D eigenvalue weighted by Crippen LogP contribution is -2.48. The van der Waals surface area contributed by atoms with E-state index in [0.29, 0.717) is 18.4 Å². The maximum Gasteiger partial charge on any atom is 0.223 e. The molecule has 3 aliphatic rings. The molecule has 1 unspecified atom stereocenters. The molecule has 3 fully saturated rings. The van der Waals surface area contributed by atoms with Crippen LogP contribution >= 0.6 is 0 Å². The first-order valence-corrected chi connectivity index (χ1v) is 7.79. The van der Waals surface area contributed by atoms with Crippen molar-refractivity contribution < 1.29 is 4.79 Å². The van der Waals surface area contributed by atoms with E-state index >= 15 is 0 Å². The van der Waals surface area contributed by atoms with Crippen molar-refractivity contribution in [2.24, 2.45) is 0 Å². The highest BCUT2D eigenvalue weighted by Crippen LogP contribution is 2.30. The molecule has 2 heterocycles. The van der Waals surface area contributed by atoms with E-state index < -0.39 is 0 Å². The van der Waals surface area contributed by atoms with Gasteiger partial charge in [0.25, 0.3) is 0 Å². The summed E-state index contributed by atoms with van der Waals surface area (Å²) in [6.07, 6.45) is 4.61. The summed E-state index contributed by atoms with van der Waals surface area (Å²) in [5.74, 6) is 0.345. The average Bonchev–Trinajstić information content (AvgIpc) is 3.14. The summed E-state index contributed by atoms with van der Waals surface area (Å²) in [6.45, 7) is 6.87. The zero-order valence-corrected chi connectivity index (χ0v) is 11.7. The van der Waals surface area contributed by atoms with Gasteiger partial charge < -0.3 is 15.5 Å². The SMILES string of the molecule is O=C(CCN(C1CC1)C1CCNC1)N1CCNCC1. The van der Waals surface area contributed by atoms with Crippen molar-refractivity contribution in [1.82, 2.24) is 20.4 Å². The Bertz CT molecular complexity index is 307. The molecule has 0 bridgehead atoms. The fourth-order valence-electron chi connectivity index (χ4n) is 3.29. The number of amides is 1. The molecule has 2 N–H and O–H groups in total. The highest BCUT2D eigenvalue weighted by molar-refractivity contribution is 5.76. The van der Waals surface area contributed by atoms with Crippen molar-refractivity contribution in [3.8, 4) is 0 Å². The van der Waals surface area contributed by atoms with E-state index in [1.807, 2.05) is 4.90 Å². The van der Waals surface area contributed by atoms with Gasteiger partial charge in [-0.05, 0) is 25.8 Å². The lowest BCUT2D eigenvalue weighted by molar-refractivity contribution is -0.132. The minimum absolute atomic E-state index is 0.345. The molecule has 3 rings (SSSR count). The Morgan fingerprint density at radius 3 is 2.47 bits per heavy atom. The molecule has 5 heteroatoms. The van der Waals surface area contributed by atoms with Crippen LogP contribution in [0.3, 0.4) is 0 Å². The van der Waals surface area contributed by atoms with Crippen molar-refractivity contribution in [2.75, 3.05) is 45.8 Å². The van der Waals surface area contributed by atoms with Crippen LogP contribution in [0.2, 0.25) is 0 Å². The van der Waals surface area contributed by atoms with Gasteiger partial charge in [0.05, 0.1) is 0 Å². The molecular formula is C14H26N4O. The van der Waals surface area contributed by atoms with E-state index in [1.165, 1.54) is 19.3 Å². The minimum Gasteiger partial charge on any atom is -0.340 e. The summed E-state index contributed by atoms with van der Waals surface area (Å²) >= 11 is 0. The molecule has 0 radical (unpaired) electrons. The van der Waals surface area contributed by atoms with Gasteiger partial charge in [-0.1, -0.05) is 0 Å². The van der Waals surface area contributed by atoms with Crippen molar-refractivity contribution in [3.05, 3.63) is 0 Å². The van der Waals surface area contributed by atoms with Crippen molar-refractivity contribution in [1.29, 1.82) is 0 Å². The number of hydrogen-bond acceptors (Lipinski definition) is 4. The summed E-state index contributed by atoms with van der Waals surface area (Å²) in [4.78, 5) is 16.8. The number of carbonyl (C=O) groups excluding carboxylic acids is 1. The predicted octanol–water partition coefficient (Wildman–Crippen LogP) is -0.365. The van der Waals surface area contributed by atoms with Crippen LogP contribution in [0.1, 0.15) is 25.7 Å². The molecule has 0 aromatic heterocycles. The first-order chi connectivity index (χ1) is 9.34. The molecule has 108 valence electrons. The van der Waals surface area contributed by atoms with Gasteiger partial charge in [0, 0.05) is 57.8 Å². The first-order valence-electron chi connectivity index (χ1n) is 7.79. The van der Waals surface area contributed by atoms with E-state index in [-0.39, 0.29) is 0 Å². The standard InChI is InChI=1S/C14H26N4O/c19-14(17-9-6-15-7-10-17)4-8-18(12-1-2-12)13-3-5-16-11-13/h12-13,15-16H,1-11H2. The fraction of sp³-hybridized carbons (Fsp3) is 0.929. The molecular weight excluding hydrogens is 240 g/mol. The van der Waals surface area contributed by atoms with Gasteiger partial charge in [-0.25, -0.2) is 0 Å². The second-order valence-electron chi connectivity index (χ2n) is 6.00. The van der Waals surface area contributed by atoms with Crippen LogP contribution < -0.4 is 10.6 Å². The van der Waals surface area contributed by atoms with E-state index in [2.05, 4.69) is 15.5 Å². The topological polar surface area (TPSA) is 47.6 Å². The molecule has 1 atom stereocenters. The predicted molar refractivity (Wildman–Crippen MR) is 75.1 cm³/mol. The van der Waals surface area contributed by atoms with Crippen LogP contribution in [0.4, 0.5) is 0 Å². The third-order valence-corrected chi connectivity index (χ3v) is 4.57. The Morgan fingerprint density at radius 2 is 1.84 bits per heavy atom. The van der Waals surface area contributed by atoms with E-state index in [0.717, 1.165) is 51.9 Å². The molecule has 1 amide bonds. The molecule has 19 heavy (non-hydrogen) atoms. The van der Waals surface area contributed by atoms with E-state index in [1.54, 1.807) is 0 Å². The minimum atomic E-state index is 0.345. The molecule has 0 aromatic rings. The Labute approximate surface area is 115 Å². The monoisotopic (exact) mass is 266 g/mol. The van der Waals surface area contributed by atoms with Gasteiger partial charge >= 0.3 is 0 Å². The summed E-state index contributed by atoms with van der Waals surface area (Å²) in [6, 6.07) is 1.43. The normalized spacial score (nSPS) is 28.1. The van der Waals surface area contributed by atoms with Crippen LogP contribution in [0, 0.1) is 0 Å². The fourth-order valence-corrected chi connectivity index (χ4v) is 3.29. The summed E-state index contributed by atoms with van der Waals surface area (Å²) in [7, 11) is 0. The Morgan fingerprint density at radius 1 is 1.05 bits per heavy atom. The zero-order valence-electron chi connectivity index (χ0n) is 11.7. The number of nitrogens with one attached hydrogen (secondary N) is 2. The lowest BCUT2D eigenvalue weighted by Gasteiger charge is -2.31. The Kier molecular flexibility index (Phi) is 4.35. The van der Waals surface area contributed by atoms with Gasteiger partial charge in [0.1, 0.15) is 0 Å². The van der Waals surface area contributed by atoms with Crippen molar-refractivity contribution >= 4 is 5.91 Å². The summed E-state index contributed by atoms with van der Waals surface area (Å²) in [5.41, 5.74) is 0. The highest BCUT2D eigenvalue weighted by Gasteiger charge is 2.35. The molecule has 2 aliphatic heterocycles. The quantitative estimate of drug-likeness (QED) is 0.713. The van der Waals surface area contributed by atoms with Crippen LogP contribution in [-0.4, -0.2) is 73.6 Å². The summed E-state index contributed by atoms with van der Waals surface area (Å²) in [5, 5.41) is 6.74. The molecule has 0 spiro atoms. The number of nitrogens with zero attached hydrogens (tertiary/aromatic N) is 2. The van der Waals surface area contributed by atoms with Crippen LogP contribution in [0.15, 0.2) is 0 Å². The Hall–Kier alpha value is -0.650. The number of hydrogen-bond donors (Lipinski definition) is 2. The average molecular weight is 266 g/mol. The second-order valence-corrected chi connectivity index (χ2v) is 6.00.